The van der Waals surface area contributed by atoms with E-state index < -0.39 is 5.97 Å². The summed E-state index contributed by atoms with van der Waals surface area (Å²) in [4.78, 5) is 11.2. The number of carbonyl (C=O) groups is 1. The fourth-order valence-corrected chi connectivity index (χ4v) is 3.14. The van der Waals surface area contributed by atoms with Crippen LogP contribution in [0, 0.1) is 5.92 Å². The number of aliphatic carboxylic acids is 1. The highest BCUT2D eigenvalue weighted by Gasteiger charge is 2.28. The van der Waals surface area contributed by atoms with Crippen molar-refractivity contribution in [2.45, 2.75) is 51.1 Å². The third kappa shape index (κ3) is 4.21. The Morgan fingerprint density at radius 1 is 1.38 bits per heavy atom. The summed E-state index contributed by atoms with van der Waals surface area (Å²) in [5.74, 6) is 0.0147. The average molecular weight is 291 g/mol. The van der Waals surface area contributed by atoms with Crippen LogP contribution >= 0.6 is 0 Å². The molecule has 1 aromatic carbocycles. The molecule has 0 bridgehead atoms. The molecule has 0 saturated heterocycles. The van der Waals surface area contributed by atoms with E-state index >= 15 is 0 Å². The van der Waals surface area contributed by atoms with Gasteiger partial charge in [0.15, 0.2) is 0 Å². The van der Waals surface area contributed by atoms with Gasteiger partial charge < -0.3 is 15.2 Å². The molecule has 1 aromatic rings. The fourth-order valence-electron chi connectivity index (χ4n) is 3.14. The molecule has 0 heterocycles. The van der Waals surface area contributed by atoms with E-state index in [9.17, 15) is 9.90 Å². The molecule has 2 N–H and O–H groups in total. The van der Waals surface area contributed by atoms with Crippen LogP contribution in [-0.4, -0.2) is 24.2 Å². The molecule has 1 fully saturated rings. The van der Waals surface area contributed by atoms with Crippen LogP contribution in [0.4, 0.5) is 0 Å². The molecule has 4 nitrogen and oxygen atoms in total. The van der Waals surface area contributed by atoms with Gasteiger partial charge in [-0.05, 0) is 43.4 Å². The lowest BCUT2D eigenvalue weighted by molar-refractivity contribution is -0.143. The summed E-state index contributed by atoms with van der Waals surface area (Å²) < 4.78 is 5.19. The summed E-state index contributed by atoms with van der Waals surface area (Å²) in [6.45, 7) is 2.15. The Morgan fingerprint density at radius 2 is 2.10 bits per heavy atom. The van der Waals surface area contributed by atoms with E-state index in [0.717, 1.165) is 37.9 Å². The summed E-state index contributed by atoms with van der Waals surface area (Å²) >= 11 is 0. The molecule has 0 amide bonds. The van der Waals surface area contributed by atoms with Crippen molar-refractivity contribution in [3.63, 3.8) is 0 Å². The first kappa shape index (κ1) is 15.8. The Labute approximate surface area is 126 Å². The lowest BCUT2D eigenvalue weighted by atomic mass is 9.85. The molecule has 4 heteroatoms. The highest BCUT2D eigenvalue weighted by Crippen LogP contribution is 2.28. The molecule has 2 rings (SSSR count). The van der Waals surface area contributed by atoms with Crippen molar-refractivity contribution in [3.8, 4) is 5.75 Å². The molecule has 0 aliphatic heterocycles. The zero-order valence-corrected chi connectivity index (χ0v) is 12.8. The minimum Gasteiger partial charge on any atom is -0.497 e. The lowest BCUT2D eigenvalue weighted by Crippen LogP contribution is -2.38. The van der Waals surface area contributed by atoms with Gasteiger partial charge in [-0.25, -0.2) is 0 Å². The quantitative estimate of drug-likeness (QED) is 0.843. The Kier molecular flexibility index (Phi) is 5.62. The smallest absolute Gasteiger partial charge is 0.306 e. The van der Waals surface area contributed by atoms with Crippen molar-refractivity contribution in [1.29, 1.82) is 0 Å². The molecule has 1 aliphatic carbocycles. The SMILES string of the molecule is CCC(NC1CCCC(C(=O)O)C1)c1ccc(OC)cc1. The summed E-state index contributed by atoms with van der Waals surface area (Å²) in [6.07, 6.45) is 4.60. The second-order valence-electron chi connectivity index (χ2n) is 5.80. The van der Waals surface area contributed by atoms with E-state index in [2.05, 4.69) is 24.4 Å². The summed E-state index contributed by atoms with van der Waals surface area (Å²) in [7, 11) is 1.67. The van der Waals surface area contributed by atoms with Crippen LogP contribution < -0.4 is 10.1 Å². The first-order chi connectivity index (χ1) is 10.1. The Morgan fingerprint density at radius 3 is 2.67 bits per heavy atom. The highest BCUT2D eigenvalue weighted by atomic mass is 16.5. The molecule has 0 radical (unpaired) electrons. The molecule has 116 valence electrons. The molecule has 21 heavy (non-hydrogen) atoms. The molecule has 0 spiro atoms. The van der Waals surface area contributed by atoms with E-state index in [0.29, 0.717) is 6.04 Å². The predicted octanol–water partition coefficient (Wildman–Crippen LogP) is 3.38. The van der Waals surface area contributed by atoms with Gasteiger partial charge in [-0.2, -0.15) is 0 Å². The minimum atomic E-state index is -0.654. The third-order valence-electron chi connectivity index (χ3n) is 4.39. The standard InChI is InChI=1S/C17H25NO3/c1-3-16(12-7-9-15(21-2)10-8-12)18-14-6-4-5-13(11-14)17(19)20/h7-10,13-14,16,18H,3-6,11H2,1-2H3,(H,19,20). The fraction of sp³-hybridized carbons (Fsp3) is 0.588. The van der Waals surface area contributed by atoms with E-state index in [1.54, 1.807) is 7.11 Å². The van der Waals surface area contributed by atoms with Gasteiger partial charge in [0.05, 0.1) is 13.0 Å². The van der Waals surface area contributed by atoms with Crippen LogP contribution in [-0.2, 0) is 4.79 Å². The van der Waals surface area contributed by atoms with Crippen molar-refractivity contribution in [2.75, 3.05) is 7.11 Å². The molecule has 1 aliphatic rings. The van der Waals surface area contributed by atoms with Crippen molar-refractivity contribution in [1.82, 2.24) is 5.32 Å². The van der Waals surface area contributed by atoms with Gasteiger partial charge in [-0.3, -0.25) is 4.79 Å². The van der Waals surface area contributed by atoms with Crippen LogP contribution in [0.1, 0.15) is 50.6 Å². The Hall–Kier alpha value is -1.55. The number of carboxylic acids is 1. The lowest BCUT2D eigenvalue weighted by Gasteiger charge is -2.31. The number of hydrogen-bond donors (Lipinski definition) is 2. The summed E-state index contributed by atoms with van der Waals surface area (Å²) in [5.41, 5.74) is 1.23. The van der Waals surface area contributed by atoms with Gasteiger partial charge in [-0.15, -0.1) is 0 Å². The topological polar surface area (TPSA) is 58.6 Å². The van der Waals surface area contributed by atoms with Gasteiger partial charge in [0.25, 0.3) is 0 Å². The van der Waals surface area contributed by atoms with Crippen LogP contribution in [0.25, 0.3) is 0 Å². The number of methoxy groups -OCH3 is 1. The van der Waals surface area contributed by atoms with Gasteiger partial charge in [-0.1, -0.05) is 25.5 Å². The molecular formula is C17H25NO3. The maximum absolute atomic E-state index is 11.2. The zero-order valence-electron chi connectivity index (χ0n) is 12.8. The number of carboxylic acid groups (broad SMARTS) is 1. The number of hydrogen-bond acceptors (Lipinski definition) is 3. The number of ether oxygens (including phenoxy) is 1. The number of nitrogens with one attached hydrogen (secondary N) is 1. The second kappa shape index (κ2) is 7.46. The second-order valence-corrected chi connectivity index (χ2v) is 5.80. The van der Waals surface area contributed by atoms with E-state index in [1.807, 2.05) is 12.1 Å². The summed E-state index contributed by atoms with van der Waals surface area (Å²) in [5, 5.41) is 12.8. The monoisotopic (exact) mass is 291 g/mol. The van der Waals surface area contributed by atoms with Crippen molar-refractivity contribution in [2.24, 2.45) is 5.92 Å². The van der Waals surface area contributed by atoms with E-state index in [4.69, 9.17) is 4.74 Å². The Balaban J connectivity index is 1.99. The predicted molar refractivity (Wildman–Crippen MR) is 82.5 cm³/mol. The average Bonchev–Trinajstić information content (AvgIpc) is 2.53. The number of rotatable bonds is 6. The van der Waals surface area contributed by atoms with Gasteiger partial charge in [0.1, 0.15) is 5.75 Å². The van der Waals surface area contributed by atoms with Crippen LogP contribution in [0.15, 0.2) is 24.3 Å². The van der Waals surface area contributed by atoms with Crippen LogP contribution in [0.2, 0.25) is 0 Å². The molecule has 1 saturated carbocycles. The first-order valence-corrected chi connectivity index (χ1v) is 7.76. The van der Waals surface area contributed by atoms with Crippen LogP contribution in [0.5, 0.6) is 5.75 Å². The maximum atomic E-state index is 11.2. The zero-order chi connectivity index (χ0) is 15.2. The Bertz CT molecular complexity index is 458. The third-order valence-corrected chi connectivity index (χ3v) is 4.39. The highest BCUT2D eigenvalue weighted by molar-refractivity contribution is 5.70. The largest absolute Gasteiger partial charge is 0.497 e. The molecular weight excluding hydrogens is 266 g/mol. The minimum absolute atomic E-state index is 0.190. The van der Waals surface area contributed by atoms with Crippen molar-refractivity contribution < 1.29 is 14.6 Å². The van der Waals surface area contributed by atoms with Crippen LogP contribution in [0.3, 0.4) is 0 Å². The van der Waals surface area contributed by atoms with E-state index in [1.165, 1.54) is 5.56 Å². The molecule has 3 unspecified atom stereocenters. The van der Waals surface area contributed by atoms with Crippen molar-refractivity contribution >= 4 is 5.97 Å². The van der Waals surface area contributed by atoms with E-state index in [-0.39, 0.29) is 12.0 Å². The van der Waals surface area contributed by atoms with Gasteiger partial charge in [0.2, 0.25) is 0 Å². The van der Waals surface area contributed by atoms with Crippen molar-refractivity contribution in [3.05, 3.63) is 29.8 Å². The summed E-state index contributed by atoms with van der Waals surface area (Å²) in [6, 6.07) is 8.68. The van der Waals surface area contributed by atoms with Gasteiger partial charge in [0, 0.05) is 12.1 Å². The number of benzene rings is 1. The first-order valence-electron chi connectivity index (χ1n) is 7.76. The normalized spacial score (nSPS) is 23.5. The maximum Gasteiger partial charge on any atom is 0.306 e. The van der Waals surface area contributed by atoms with Gasteiger partial charge >= 0.3 is 5.97 Å². The molecule has 3 atom stereocenters. The molecule has 0 aromatic heterocycles.